The second kappa shape index (κ2) is 5.19. The first kappa shape index (κ1) is 11.9. The number of rotatable bonds is 3. The van der Waals surface area contributed by atoms with E-state index in [0.29, 0.717) is 5.88 Å². The molecule has 0 aliphatic carbocycles. The van der Waals surface area contributed by atoms with E-state index in [1.54, 1.807) is 0 Å². The average Bonchev–Trinajstić information content (AvgIpc) is 2.38. The van der Waals surface area contributed by atoms with Crippen LogP contribution in [0.1, 0.15) is 11.3 Å². The largest absolute Gasteiger partial charge is 0.329 e. The molecule has 1 aromatic carbocycles. The van der Waals surface area contributed by atoms with Gasteiger partial charge in [0.1, 0.15) is 5.82 Å². The Hall–Kier alpha value is -1.54. The minimum Gasteiger partial charge on any atom is -0.329 e. The number of aryl methyl sites for hydroxylation is 1. The average molecular weight is 247 g/mol. The maximum Gasteiger partial charge on any atom is 0.133 e. The summed E-state index contributed by atoms with van der Waals surface area (Å²) in [5, 5.41) is 0. The van der Waals surface area contributed by atoms with E-state index in [-0.39, 0.29) is 0 Å². The van der Waals surface area contributed by atoms with Crippen molar-refractivity contribution in [3.8, 4) is 0 Å². The standard InChI is InChI=1S/C14H15ClN2/c1-11-5-3-7-13(9-11)17(2)14-8-4-6-12(10-15)16-14/h3-9H,10H2,1-2H3. The number of aromatic nitrogens is 1. The molecule has 88 valence electrons. The number of hydrogen-bond donors (Lipinski definition) is 0. The number of anilines is 2. The van der Waals surface area contributed by atoms with Gasteiger partial charge in [0, 0.05) is 12.7 Å². The Morgan fingerprint density at radius 2 is 1.94 bits per heavy atom. The van der Waals surface area contributed by atoms with E-state index in [2.05, 4.69) is 35.0 Å². The number of pyridine rings is 1. The summed E-state index contributed by atoms with van der Waals surface area (Å²) in [6.07, 6.45) is 0. The fourth-order valence-electron chi connectivity index (χ4n) is 1.70. The first-order valence-electron chi connectivity index (χ1n) is 5.53. The van der Waals surface area contributed by atoms with E-state index in [0.717, 1.165) is 17.2 Å². The molecule has 2 nitrogen and oxygen atoms in total. The molecule has 1 heterocycles. The van der Waals surface area contributed by atoms with Crippen LogP contribution < -0.4 is 4.90 Å². The van der Waals surface area contributed by atoms with Gasteiger partial charge >= 0.3 is 0 Å². The highest BCUT2D eigenvalue weighted by Gasteiger charge is 2.05. The lowest BCUT2D eigenvalue weighted by Gasteiger charge is -2.19. The van der Waals surface area contributed by atoms with Gasteiger partial charge in [-0.15, -0.1) is 11.6 Å². The van der Waals surface area contributed by atoms with Crippen LogP contribution in [0.4, 0.5) is 11.5 Å². The molecule has 0 amide bonds. The van der Waals surface area contributed by atoms with E-state index >= 15 is 0 Å². The van der Waals surface area contributed by atoms with Gasteiger partial charge in [-0.1, -0.05) is 18.2 Å². The molecule has 0 unspecified atom stereocenters. The highest BCUT2D eigenvalue weighted by atomic mass is 35.5. The first-order chi connectivity index (χ1) is 8.20. The molecule has 0 aliphatic rings. The second-order valence-corrected chi connectivity index (χ2v) is 4.29. The maximum atomic E-state index is 5.79. The van der Waals surface area contributed by atoms with Gasteiger partial charge in [-0.25, -0.2) is 4.98 Å². The molecule has 0 radical (unpaired) electrons. The molecule has 0 saturated heterocycles. The predicted octanol–water partition coefficient (Wildman–Crippen LogP) is 3.90. The second-order valence-electron chi connectivity index (χ2n) is 4.02. The SMILES string of the molecule is Cc1cccc(N(C)c2cccc(CCl)n2)c1. The molecule has 1 aromatic heterocycles. The highest BCUT2D eigenvalue weighted by Crippen LogP contribution is 2.22. The van der Waals surface area contributed by atoms with Gasteiger partial charge in [0.2, 0.25) is 0 Å². The first-order valence-corrected chi connectivity index (χ1v) is 6.06. The fraction of sp³-hybridized carbons (Fsp3) is 0.214. The topological polar surface area (TPSA) is 16.1 Å². The van der Waals surface area contributed by atoms with E-state index in [4.69, 9.17) is 11.6 Å². The number of hydrogen-bond acceptors (Lipinski definition) is 2. The molecule has 0 saturated carbocycles. The van der Waals surface area contributed by atoms with Crippen molar-refractivity contribution < 1.29 is 0 Å². The van der Waals surface area contributed by atoms with Crippen LogP contribution >= 0.6 is 11.6 Å². The summed E-state index contributed by atoms with van der Waals surface area (Å²) >= 11 is 5.79. The molecule has 0 atom stereocenters. The Kier molecular flexibility index (Phi) is 3.64. The number of alkyl halides is 1. The van der Waals surface area contributed by atoms with Crippen molar-refractivity contribution in [2.75, 3.05) is 11.9 Å². The van der Waals surface area contributed by atoms with Crippen LogP contribution in [0.3, 0.4) is 0 Å². The molecule has 3 heteroatoms. The highest BCUT2D eigenvalue weighted by molar-refractivity contribution is 6.16. The summed E-state index contributed by atoms with van der Waals surface area (Å²) in [6.45, 7) is 2.08. The molecule has 17 heavy (non-hydrogen) atoms. The summed E-state index contributed by atoms with van der Waals surface area (Å²) in [6, 6.07) is 14.2. The van der Waals surface area contributed by atoms with E-state index in [9.17, 15) is 0 Å². The summed E-state index contributed by atoms with van der Waals surface area (Å²) in [4.78, 5) is 6.55. The lowest BCUT2D eigenvalue weighted by molar-refractivity contribution is 1.08. The third kappa shape index (κ3) is 2.77. The monoisotopic (exact) mass is 246 g/mol. The van der Waals surface area contributed by atoms with Gasteiger partial charge in [0.15, 0.2) is 0 Å². The molecular formula is C14H15ClN2. The quantitative estimate of drug-likeness (QED) is 0.764. The van der Waals surface area contributed by atoms with E-state index in [1.807, 2.05) is 31.3 Å². The molecule has 0 aliphatic heterocycles. The molecule has 0 fully saturated rings. The van der Waals surface area contributed by atoms with Crippen LogP contribution in [0.5, 0.6) is 0 Å². The van der Waals surface area contributed by atoms with Crippen molar-refractivity contribution in [2.24, 2.45) is 0 Å². The third-order valence-electron chi connectivity index (χ3n) is 2.66. The van der Waals surface area contributed by atoms with Crippen LogP contribution in [0.15, 0.2) is 42.5 Å². The number of halogens is 1. The van der Waals surface area contributed by atoms with Crippen molar-refractivity contribution in [2.45, 2.75) is 12.8 Å². The van der Waals surface area contributed by atoms with E-state index in [1.165, 1.54) is 5.56 Å². The summed E-state index contributed by atoms with van der Waals surface area (Å²) in [5.41, 5.74) is 3.26. The van der Waals surface area contributed by atoms with E-state index < -0.39 is 0 Å². The normalized spacial score (nSPS) is 10.3. The summed E-state index contributed by atoms with van der Waals surface area (Å²) < 4.78 is 0. The fourth-order valence-corrected chi connectivity index (χ4v) is 1.85. The zero-order valence-electron chi connectivity index (χ0n) is 10.0. The van der Waals surface area contributed by atoms with Crippen molar-refractivity contribution in [3.63, 3.8) is 0 Å². The predicted molar refractivity (Wildman–Crippen MR) is 73.0 cm³/mol. The van der Waals surface area contributed by atoms with Crippen molar-refractivity contribution in [3.05, 3.63) is 53.7 Å². The van der Waals surface area contributed by atoms with Crippen LogP contribution in [0.2, 0.25) is 0 Å². The van der Waals surface area contributed by atoms with Crippen molar-refractivity contribution in [1.82, 2.24) is 4.98 Å². The lowest BCUT2D eigenvalue weighted by atomic mass is 10.2. The van der Waals surface area contributed by atoms with Crippen molar-refractivity contribution >= 4 is 23.1 Å². The molecule has 0 spiro atoms. The summed E-state index contributed by atoms with van der Waals surface area (Å²) in [5.74, 6) is 1.35. The molecule has 0 N–H and O–H groups in total. The number of benzene rings is 1. The van der Waals surface area contributed by atoms with Gasteiger partial charge in [0.25, 0.3) is 0 Å². The zero-order chi connectivity index (χ0) is 12.3. The van der Waals surface area contributed by atoms with Crippen molar-refractivity contribution in [1.29, 1.82) is 0 Å². The summed E-state index contributed by atoms with van der Waals surface area (Å²) in [7, 11) is 2.01. The Morgan fingerprint density at radius 3 is 2.65 bits per heavy atom. The van der Waals surface area contributed by atoms with Gasteiger partial charge in [-0.05, 0) is 36.8 Å². The van der Waals surface area contributed by atoms with Crippen LogP contribution in [0.25, 0.3) is 0 Å². The zero-order valence-corrected chi connectivity index (χ0v) is 10.8. The van der Waals surface area contributed by atoms with Gasteiger partial charge < -0.3 is 4.90 Å². The smallest absolute Gasteiger partial charge is 0.133 e. The molecule has 2 aromatic rings. The minimum absolute atomic E-state index is 0.440. The Bertz CT molecular complexity index is 511. The van der Waals surface area contributed by atoms with Gasteiger partial charge in [-0.2, -0.15) is 0 Å². The lowest BCUT2D eigenvalue weighted by Crippen LogP contribution is -2.11. The van der Waals surface area contributed by atoms with Crippen LogP contribution in [0, 0.1) is 6.92 Å². The molecule has 0 bridgehead atoms. The Balaban J connectivity index is 2.33. The Labute approximate surface area is 107 Å². The van der Waals surface area contributed by atoms with Gasteiger partial charge in [0.05, 0.1) is 11.6 Å². The van der Waals surface area contributed by atoms with Gasteiger partial charge in [-0.3, -0.25) is 0 Å². The third-order valence-corrected chi connectivity index (χ3v) is 2.94. The van der Waals surface area contributed by atoms with Crippen LogP contribution in [-0.2, 0) is 5.88 Å². The minimum atomic E-state index is 0.440. The molecular weight excluding hydrogens is 232 g/mol. The van der Waals surface area contributed by atoms with Crippen LogP contribution in [-0.4, -0.2) is 12.0 Å². The Morgan fingerprint density at radius 1 is 1.18 bits per heavy atom. The maximum absolute atomic E-state index is 5.79. The molecule has 2 rings (SSSR count). The number of nitrogens with zero attached hydrogens (tertiary/aromatic N) is 2.